The van der Waals surface area contributed by atoms with Crippen LogP contribution in [0.4, 0.5) is 10.8 Å². The Kier molecular flexibility index (Phi) is 4.63. The highest BCUT2D eigenvalue weighted by Crippen LogP contribution is 2.31. The molecule has 0 spiro atoms. The lowest BCUT2D eigenvalue weighted by atomic mass is 10.2. The summed E-state index contributed by atoms with van der Waals surface area (Å²) in [4.78, 5) is 35.7. The maximum absolute atomic E-state index is 13.0. The Balaban J connectivity index is 1.28. The summed E-state index contributed by atoms with van der Waals surface area (Å²) in [6, 6.07) is 15.0. The number of carbonyl (C=O) groups excluding carboxylic acids is 2. The fraction of sp³-hybridized carbons (Fsp3) is 0.227. The van der Waals surface area contributed by atoms with Crippen molar-refractivity contribution in [3.05, 3.63) is 60.3 Å². The molecule has 3 aromatic rings. The third-order valence-electron chi connectivity index (χ3n) is 5.41. The Bertz CT molecular complexity index is 1110. The Morgan fingerprint density at radius 2 is 1.63 bits per heavy atom. The van der Waals surface area contributed by atoms with Crippen LogP contribution < -0.4 is 14.5 Å². The summed E-state index contributed by atoms with van der Waals surface area (Å²) < 4.78 is 6.32. The van der Waals surface area contributed by atoms with Gasteiger partial charge in [-0.3, -0.25) is 9.59 Å². The molecule has 0 N–H and O–H groups in total. The lowest BCUT2D eigenvalue weighted by molar-refractivity contribution is -0.121. The SMILES string of the molecule is COc1ccc(N2C(=O)C=C(N3CCN(c4nc5ccccc5s4)CC3)C2=O)cc1. The molecule has 1 aromatic heterocycles. The van der Waals surface area contributed by atoms with E-state index in [0.29, 0.717) is 30.2 Å². The maximum Gasteiger partial charge on any atom is 0.281 e. The molecule has 0 atom stereocenters. The van der Waals surface area contributed by atoms with Crippen molar-refractivity contribution in [2.24, 2.45) is 0 Å². The molecule has 3 heterocycles. The molecule has 2 aliphatic rings. The van der Waals surface area contributed by atoms with Crippen LogP contribution in [0.1, 0.15) is 0 Å². The predicted octanol–water partition coefficient (Wildman–Crippen LogP) is 2.88. The number of carbonyl (C=O) groups is 2. The zero-order valence-electron chi connectivity index (χ0n) is 16.4. The monoisotopic (exact) mass is 420 g/mol. The zero-order chi connectivity index (χ0) is 20.7. The molecule has 0 radical (unpaired) electrons. The first-order chi connectivity index (χ1) is 14.6. The van der Waals surface area contributed by atoms with Crippen LogP contribution in [0.25, 0.3) is 10.2 Å². The van der Waals surface area contributed by atoms with Gasteiger partial charge in [0.2, 0.25) is 0 Å². The van der Waals surface area contributed by atoms with Gasteiger partial charge in [-0.25, -0.2) is 9.88 Å². The highest BCUT2D eigenvalue weighted by molar-refractivity contribution is 7.22. The van der Waals surface area contributed by atoms with Crippen LogP contribution in [0, 0.1) is 0 Å². The molecule has 8 heteroatoms. The largest absolute Gasteiger partial charge is 0.497 e. The molecule has 7 nitrogen and oxygen atoms in total. The van der Waals surface area contributed by atoms with Crippen LogP contribution in [-0.4, -0.2) is 55.0 Å². The third kappa shape index (κ3) is 3.19. The normalized spacial score (nSPS) is 17.1. The van der Waals surface area contributed by atoms with Gasteiger partial charge >= 0.3 is 0 Å². The summed E-state index contributed by atoms with van der Waals surface area (Å²) in [6.45, 7) is 2.83. The topological polar surface area (TPSA) is 66.0 Å². The Labute approximate surface area is 177 Å². The van der Waals surface area contributed by atoms with Crippen LogP contribution in [-0.2, 0) is 9.59 Å². The number of thiazole rings is 1. The van der Waals surface area contributed by atoms with Gasteiger partial charge in [0.25, 0.3) is 11.8 Å². The average molecular weight is 420 g/mol. The summed E-state index contributed by atoms with van der Waals surface area (Å²) in [6.07, 6.45) is 1.44. The summed E-state index contributed by atoms with van der Waals surface area (Å²) in [5, 5.41) is 0.999. The number of methoxy groups -OCH3 is 1. The van der Waals surface area contributed by atoms with Crippen molar-refractivity contribution in [2.75, 3.05) is 43.1 Å². The van der Waals surface area contributed by atoms with Gasteiger partial charge in [-0.1, -0.05) is 23.5 Å². The van der Waals surface area contributed by atoms with E-state index in [1.54, 1.807) is 42.7 Å². The van der Waals surface area contributed by atoms with Gasteiger partial charge in [-0.15, -0.1) is 0 Å². The van der Waals surface area contributed by atoms with Crippen LogP contribution >= 0.6 is 11.3 Å². The van der Waals surface area contributed by atoms with Crippen LogP contribution in [0.5, 0.6) is 5.75 Å². The molecule has 2 amide bonds. The summed E-state index contributed by atoms with van der Waals surface area (Å²) in [5.41, 5.74) is 2.01. The van der Waals surface area contributed by atoms with E-state index in [4.69, 9.17) is 9.72 Å². The molecular formula is C22H20N4O3S. The number of fused-ring (bicyclic) bond motifs is 1. The lowest BCUT2D eigenvalue weighted by Crippen LogP contribution is -2.47. The molecule has 0 aliphatic carbocycles. The Hall–Kier alpha value is -3.39. The first kappa shape index (κ1) is 18.6. The van der Waals surface area contributed by atoms with E-state index >= 15 is 0 Å². The molecule has 30 heavy (non-hydrogen) atoms. The minimum absolute atomic E-state index is 0.279. The van der Waals surface area contributed by atoms with Crippen molar-refractivity contribution in [3.63, 3.8) is 0 Å². The van der Waals surface area contributed by atoms with Crippen LogP contribution in [0.15, 0.2) is 60.3 Å². The minimum Gasteiger partial charge on any atom is -0.497 e. The number of ether oxygens (including phenoxy) is 1. The van der Waals surface area contributed by atoms with Gasteiger partial charge in [-0.05, 0) is 36.4 Å². The van der Waals surface area contributed by atoms with Crippen molar-refractivity contribution in [2.45, 2.75) is 0 Å². The molecule has 0 unspecified atom stereocenters. The number of benzene rings is 2. The molecule has 1 saturated heterocycles. The number of imide groups is 1. The van der Waals surface area contributed by atoms with Gasteiger partial charge in [0, 0.05) is 32.3 Å². The van der Waals surface area contributed by atoms with Gasteiger partial charge in [0.05, 0.1) is 23.0 Å². The molecule has 0 saturated carbocycles. The van der Waals surface area contributed by atoms with Gasteiger partial charge in [-0.2, -0.15) is 0 Å². The highest BCUT2D eigenvalue weighted by atomic mass is 32.1. The second-order valence-electron chi connectivity index (χ2n) is 7.14. The zero-order valence-corrected chi connectivity index (χ0v) is 17.3. The van der Waals surface area contributed by atoms with E-state index in [9.17, 15) is 9.59 Å². The third-order valence-corrected chi connectivity index (χ3v) is 6.50. The van der Waals surface area contributed by atoms with Crippen molar-refractivity contribution in [1.29, 1.82) is 0 Å². The summed E-state index contributed by atoms with van der Waals surface area (Å²) in [5.74, 6) is 0.0874. The number of hydrogen-bond donors (Lipinski definition) is 0. The van der Waals surface area contributed by atoms with E-state index in [0.717, 1.165) is 23.7 Å². The molecule has 2 aromatic carbocycles. The molecule has 1 fully saturated rings. The number of hydrogen-bond acceptors (Lipinski definition) is 7. The van der Waals surface area contributed by atoms with Crippen molar-refractivity contribution < 1.29 is 14.3 Å². The first-order valence-corrected chi connectivity index (χ1v) is 10.6. The number of amides is 2. The standard InChI is InChI=1S/C22H20N4O3S/c1-29-16-8-6-15(7-9-16)26-20(27)14-18(21(26)28)24-10-12-25(13-11-24)22-23-17-4-2-3-5-19(17)30-22/h2-9,14H,10-13H2,1H3. The molecule has 0 bridgehead atoms. The number of rotatable bonds is 4. The minimum atomic E-state index is -0.311. The van der Waals surface area contributed by atoms with Crippen LogP contribution in [0.2, 0.25) is 0 Å². The number of aromatic nitrogens is 1. The summed E-state index contributed by atoms with van der Waals surface area (Å²) >= 11 is 1.68. The maximum atomic E-state index is 13.0. The smallest absolute Gasteiger partial charge is 0.281 e. The number of anilines is 2. The second kappa shape index (κ2) is 7.46. The van der Waals surface area contributed by atoms with Gasteiger partial charge in [0.15, 0.2) is 5.13 Å². The lowest BCUT2D eigenvalue weighted by Gasteiger charge is -2.36. The van der Waals surface area contributed by atoms with E-state index in [1.165, 1.54) is 15.7 Å². The van der Waals surface area contributed by atoms with E-state index in [1.807, 2.05) is 23.1 Å². The van der Waals surface area contributed by atoms with E-state index in [-0.39, 0.29) is 11.8 Å². The number of piperazine rings is 1. The Morgan fingerprint density at radius 1 is 0.933 bits per heavy atom. The molecular weight excluding hydrogens is 400 g/mol. The van der Waals surface area contributed by atoms with Crippen LogP contribution in [0.3, 0.4) is 0 Å². The van der Waals surface area contributed by atoms with Gasteiger partial charge < -0.3 is 14.5 Å². The number of nitrogens with zero attached hydrogens (tertiary/aromatic N) is 4. The quantitative estimate of drug-likeness (QED) is 0.605. The fourth-order valence-corrected chi connectivity index (χ4v) is 4.81. The first-order valence-electron chi connectivity index (χ1n) is 9.74. The van der Waals surface area contributed by atoms with E-state index < -0.39 is 0 Å². The molecule has 152 valence electrons. The Morgan fingerprint density at radius 3 is 2.33 bits per heavy atom. The molecule has 5 rings (SSSR count). The predicted molar refractivity (Wildman–Crippen MR) is 117 cm³/mol. The van der Waals surface area contributed by atoms with Crippen molar-refractivity contribution in [1.82, 2.24) is 9.88 Å². The van der Waals surface area contributed by atoms with E-state index in [2.05, 4.69) is 11.0 Å². The highest BCUT2D eigenvalue weighted by Gasteiger charge is 2.36. The fourth-order valence-electron chi connectivity index (χ4n) is 3.79. The average Bonchev–Trinajstić information content (AvgIpc) is 3.34. The summed E-state index contributed by atoms with van der Waals surface area (Å²) in [7, 11) is 1.58. The number of para-hydroxylation sites is 1. The molecule has 2 aliphatic heterocycles. The van der Waals surface area contributed by atoms with Gasteiger partial charge in [0.1, 0.15) is 11.4 Å². The van der Waals surface area contributed by atoms with Crippen molar-refractivity contribution in [3.8, 4) is 5.75 Å². The second-order valence-corrected chi connectivity index (χ2v) is 8.15. The van der Waals surface area contributed by atoms with Crippen molar-refractivity contribution >= 4 is 44.2 Å².